The SMILES string of the molecule is O=C(NC1CCCN(C(=O)O)C1)c1sc2nccc3c2c1NC(=O)N3c1ccc(Oc2ccccc2)nc1. The molecule has 2 aliphatic heterocycles. The van der Waals surface area contributed by atoms with E-state index in [1.165, 1.54) is 21.1 Å². The smallest absolute Gasteiger partial charge is 0.407 e. The van der Waals surface area contributed by atoms with Gasteiger partial charge in [0, 0.05) is 31.4 Å². The fourth-order valence-corrected chi connectivity index (χ4v) is 5.72. The Balaban J connectivity index is 1.28. The Bertz CT molecular complexity index is 1540. The second kappa shape index (κ2) is 9.63. The lowest BCUT2D eigenvalue weighted by atomic mass is 10.1. The molecule has 0 saturated carbocycles. The van der Waals surface area contributed by atoms with Crippen molar-refractivity contribution in [2.45, 2.75) is 18.9 Å². The Morgan fingerprint density at radius 2 is 1.97 bits per heavy atom. The summed E-state index contributed by atoms with van der Waals surface area (Å²) in [5, 5.41) is 15.7. The van der Waals surface area contributed by atoms with Crippen LogP contribution in [0.15, 0.2) is 60.9 Å². The van der Waals surface area contributed by atoms with E-state index in [0.717, 1.165) is 0 Å². The molecule has 38 heavy (non-hydrogen) atoms. The number of ether oxygens (including phenoxy) is 1. The molecule has 3 N–H and O–H groups in total. The number of hydrogen-bond donors (Lipinski definition) is 3. The van der Waals surface area contributed by atoms with Gasteiger partial charge in [-0.2, -0.15) is 0 Å². The zero-order valence-electron chi connectivity index (χ0n) is 20.0. The van der Waals surface area contributed by atoms with E-state index >= 15 is 0 Å². The zero-order valence-corrected chi connectivity index (χ0v) is 20.8. The van der Waals surface area contributed by atoms with Crippen molar-refractivity contribution in [3.05, 3.63) is 65.8 Å². The van der Waals surface area contributed by atoms with Crippen molar-refractivity contribution in [1.82, 2.24) is 20.2 Å². The molecule has 1 aromatic carbocycles. The first-order valence-electron chi connectivity index (χ1n) is 12.0. The first-order chi connectivity index (χ1) is 18.5. The second-order valence-electron chi connectivity index (χ2n) is 8.89. The monoisotopic (exact) mass is 530 g/mol. The molecule has 11 nitrogen and oxygen atoms in total. The number of benzene rings is 1. The maximum Gasteiger partial charge on any atom is 0.407 e. The van der Waals surface area contributed by atoms with Gasteiger partial charge in [-0.25, -0.2) is 19.6 Å². The number of carbonyl (C=O) groups is 3. The van der Waals surface area contributed by atoms with Crippen LogP contribution < -0.4 is 20.3 Å². The number of amides is 4. The van der Waals surface area contributed by atoms with Crippen LogP contribution in [0.25, 0.3) is 10.2 Å². The van der Waals surface area contributed by atoms with Gasteiger partial charge < -0.3 is 25.4 Å². The Morgan fingerprint density at radius 1 is 1.13 bits per heavy atom. The van der Waals surface area contributed by atoms with Crippen molar-refractivity contribution in [1.29, 1.82) is 0 Å². The number of para-hydroxylation sites is 1. The van der Waals surface area contributed by atoms with E-state index < -0.39 is 12.1 Å². The van der Waals surface area contributed by atoms with E-state index in [0.29, 0.717) is 63.2 Å². The third-order valence-electron chi connectivity index (χ3n) is 6.42. The summed E-state index contributed by atoms with van der Waals surface area (Å²) < 4.78 is 5.75. The molecule has 1 fully saturated rings. The number of urea groups is 1. The third kappa shape index (κ3) is 4.34. The highest BCUT2D eigenvalue weighted by atomic mass is 32.1. The summed E-state index contributed by atoms with van der Waals surface area (Å²) in [6.45, 7) is 0.672. The molecule has 192 valence electrons. The fourth-order valence-electron chi connectivity index (χ4n) is 4.69. The molecule has 0 spiro atoms. The molecule has 4 amide bonds. The normalized spacial score (nSPS) is 16.7. The predicted octanol–water partition coefficient (Wildman–Crippen LogP) is 5.04. The minimum absolute atomic E-state index is 0.224. The number of hydrogen-bond acceptors (Lipinski definition) is 7. The molecule has 0 aliphatic carbocycles. The summed E-state index contributed by atoms with van der Waals surface area (Å²) in [7, 11) is 0. The summed E-state index contributed by atoms with van der Waals surface area (Å²) in [6, 6.07) is 13.7. The lowest BCUT2D eigenvalue weighted by Gasteiger charge is -2.31. The molecule has 1 atom stereocenters. The molecule has 3 aromatic heterocycles. The highest BCUT2D eigenvalue weighted by molar-refractivity contribution is 7.21. The van der Waals surface area contributed by atoms with Crippen molar-refractivity contribution in [2.24, 2.45) is 0 Å². The van der Waals surface area contributed by atoms with Crippen LogP contribution in [0.4, 0.5) is 26.7 Å². The lowest BCUT2D eigenvalue weighted by Crippen LogP contribution is -2.49. The van der Waals surface area contributed by atoms with Crippen LogP contribution in [0.2, 0.25) is 0 Å². The van der Waals surface area contributed by atoms with Gasteiger partial charge in [-0.05, 0) is 37.1 Å². The minimum Gasteiger partial charge on any atom is -0.465 e. The van der Waals surface area contributed by atoms with Gasteiger partial charge in [0.25, 0.3) is 5.91 Å². The van der Waals surface area contributed by atoms with Crippen LogP contribution in [-0.4, -0.2) is 57.1 Å². The summed E-state index contributed by atoms with van der Waals surface area (Å²) in [6.07, 6.45) is 3.48. The van der Waals surface area contributed by atoms with Crippen LogP contribution in [-0.2, 0) is 0 Å². The summed E-state index contributed by atoms with van der Waals surface area (Å²) in [5.41, 5.74) is 1.50. The number of aromatic nitrogens is 2. The van der Waals surface area contributed by atoms with Gasteiger partial charge in [0.1, 0.15) is 15.5 Å². The Hall–Kier alpha value is -4.71. The maximum atomic E-state index is 13.3. The quantitative estimate of drug-likeness (QED) is 0.329. The van der Waals surface area contributed by atoms with Gasteiger partial charge >= 0.3 is 12.1 Å². The number of rotatable bonds is 5. The summed E-state index contributed by atoms with van der Waals surface area (Å²) in [5.74, 6) is 0.664. The minimum atomic E-state index is -1.00. The molecule has 0 radical (unpaired) electrons. The van der Waals surface area contributed by atoms with E-state index in [-0.39, 0.29) is 18.5 Å². The van der Waals surface area contributed by atoms with Crippen LogP contribution in [0, 0.1) is 0 Å². The molecule has 5 heterocycles. The second-order valence-corrected chi connectivity index (χ2v) is 9.89. The van der Waals surface area contributed by atoms with Crippen LogP contribution in [0.3, 0.4) is 0 Å². The average molecular weight is 531 g/mol. The number of anilines is 3. The van der Waals surface area contributed by atoms with E-state index in [4.69, 9.17) is 4.74 Å². The Kier molecular flexibility index (Phi) is 6.00. The van der Waals surface area contributed by atoms with E-state index in [1.807, 2.05) is 30.3 Å². The van der Waals surface area contributed by atoms with Gasteiger partial charge in [-0.1, -0.05) is 18.2 Å². The topological polar surface area (TPSA) is 137 Å². The number of thiophene rings is 1. The molecule has 0 bridgehead atoms. The van der Waals surface area contributed by atoms with Crippen LogP contribution in [0.5, 0.6) is 11.6 Å². The number of carboxylic acid groups (broad SMARTS) is 1. The molecule has 1 saturated heterocycles. The summed E-state index contributed by atoms with van der Waals surface area (Å²) in [4.78, 5) is 50.4. The molecule has 4 aromatic rings. The lowest BCUT2D eigenvalue weighted by molar-refractivity contribution is 0.0893. The predicted molar refractivity (Wildman–Crippen MR) is 142 cm³/mol. The highest BCUT2D eigenvalue weighted by Gasteiger charge is 2.34. The number of piperidine rings is 1. The maximum absolute atomic E-state index is 13.3. The Morgan fingerprint density at radius 3 is 2.74 bits per heavy atom. The van der Waals surface area contributed by atoms with Crippen LogP contribution in [0.1, 0.15) is 22.5 Å². The van der Waals surface area contributed by atoms with Crippen molar-refractivity contribution in [3.63, 3.8) is 0 Å². The van der Waals surface area contributed by atoms with Crippen molar-refractivity contribution in [3.8, 4) is 11.6 Å². The average Bonchev–Trinajstić information content (AvgIpc) is 3.30. The van der Waals surface area contributed by atoms with E-state index in [1.54, 1.807) is 30.6 Å². The van der Waals surface area contributed by atoms with Crippen LogP contribution >= 0.6 is 11.3 Å². The standard InChI is InChI=1S/C26H22N6O5S/c33-23(29-15-5-4-12-31(14-15)26(35)36)22-21-20-18(10-11-27-24(20)38-22)32(25(34)30-21)16-8-9-19(28-13-16)37-17-6-2-1-3-7-17/h1-3,6-11,13,15H,4-5,12,14H2,(H,29,33)(H,30,34)(H,35,36). The molecular formula is C26H22N6O5S. The van der Waals surface area contributed by atoms with Gasteiger partial charge in [0.05, 0.1) is 28.6 Å². The summed E-state index contributed by atoms with van der Waals surface area (Å²) >= 11 is 1.18. The van der Waals surface area contributed by atoms with Gasteiger partial charge in [-0.3, -0.25) is 9.69 Å². The van der Waals surface area contributed by atoms with Gasteiger partial charge in [0.15, 0.2) is 0 Å². The fraction of sp³-hybridized carbons (Fsp3) is 0.192. The zero-order chi connectivity index (χ0) is 26.2. The first kappa shape index (κ1) is 23.7. The van der Waals surface area contributed by atoms with Gasteiger partial charge in [-0.15, -0.1) is 11.3 Å². The van der Waals surface area contributed by atoms with Crippen molar-refractivity contribution < 1.29 is 24.2 Å². The third-order valence-corrected chi connectivity index (χ3v) is 7.52. The number of likely N-dealkylation sites (tertiary alicyclic amines) is 1. The van der Waals surface area contributed by atoms with E-state index in [9.17, 15) is 19.5 Å². The molecule has 1 unspecified atom stereocenters. The molecule has 12 heteroatoms. The number of nitrogens with one attached hydrogen (secondary N) is 2. The van der Waals surface area contributed by atoms with Crippen molar-refractivity contribution in [2.75, 3.05) is 23.3 Å². The number of pyridine rings is 2. The molecule has 6 rings (SSSR count). The number of nitrogens with zero attached hydrogens (tertiary/aromatic N) is 4. The molecular weight excluding hydrogens is 508 g/mol. The first-order valence-corrected chi connectivity index (χ1v) is 12.8. The largest absolute Gasteiger partial charge is 0.465 e. The van der Waals surface area contributed by atoms with Gasteiger partial charge in [0.2, 0.25) is 5.88 Å². The van der Waals surface area contributed by atoms with E-state index in [2.05, 4.69) is 20.6 Å². The number of carbonyl (C=O) groups excluding carboxylic acids is 2. The van der Waals surface area contributed by atoms with Crippen molar-refractivity contribution >= 4 is 56.6 Å². The Labute approximate surface area is 220 Å². The molecule has 2 aliphatic rings. The highest BCUT2D eigenvalue weighted by Crippen LogP contribution is 2.45.